The van der Waals surface area contributed by atoms with Gasteiger partial charge in [0.05, 0.1) is 12.2 Å². The third kappa shape index (κ3) is 3.17. The number of hydrogen-bond donors (Lipinski definition) is 0. The van der Waals surface area contributed by atoms with Crippen molar-refractivity contribution < 1.29 is 14.3 Å². The van der Waals surface area contributed by atoms with Crippen molar-refractivity contribution in [1.29, 1.82) is 0 Å². The van der Waals surface area contributed by atoms with Gasteiger partial charge in [-0.2, -0.15) is 0 Å². The SMILES string of the molecule is CCOC(=O)c1cc(Br)cc(C(=O)CC)c1. The quantitative estimate of drug-likeness (QED) is 0.630. The molecule has 0 aliphatic heterocycles. The molecule has 0 saturated carbocycles. The van der Waals surface area contributed by atoms with Crippen LogP contribution >= 0.6 is 15.9 Å². The number of hydrogen-bond acceptors (Lipinski definition) is 3. The number of ketones is 1. The fraction of sp³-hybridized carbons (Fsp3) is 0.333. The fourth-order valence-electron chi connectivity index (χ4n) is 1.29. The van der Waals surface area contributed by atoms with Gasteiger partial charge in [-0.1, -0.05) is 22.9 Å². The molecular weight excluding hydrogens is 272 g/mol. The highest BCUT2D eigenvalue weighted by Gasteiger charge is 2.11. The lowest BCUT2D eigenvalue weighted by Crippen LogP contribution is -2.07. The molecule has 0 N–H and O–H groups in total. The second kappa shape index (κ2) is 5.80. The standard InChI is InChI=1S/C12H13BrO3/c1-3-11(14)8-5-9(7-10(13)6-8)12(15)16-4-2/h5-7H,3-4H2,1-2H3. The lowest BCUT2D eigenvalue weighted by molar-refractivity contribution is 0.0526. The van der Waals surface area contributed by atoms with Crippen LogP contribution in [-0.2, 0) is 4.74 Å². The Labute approximate surface area is 103 Å². The maximum atomic E-state index is 11.5. The largest absolute Gasteiger partial charge is 0.462 e. The number of Topliss-reactive ketones (excluding diaryl/α,β-unsaturated/α-hetero) is 1. The number of ether oxygens (including phenoxy) is 1. The molecule has 0 amide bonds. The first-order valence-corrected chi connectivity index (χ1v) is 5.88. The van der Waals surface area contributed by atoms with Gasteiger partial charge in [0.15, 0.2) is 5.78 Å². The van der Waals surface area contributed by atoms with E-state index in [0.717, 1.165) is 0 Å². The first-order chi connectivity index (χ1) is 7.58. The monoisotopic (exact) mass is 284 g/mol. The number of halogens is 1. The summed E-state index contributed by atoms with van der Waals surface area (Å²) in [6.07, 6.45) is 0.415. The van der Waals surface area contributed by atoms with Crippen LogP contribution in [0.4, 0.5) is 0 Å². The van der Waals surface area contributed by atoms with E-state index in [4.69, 9.17) is 4.74 Å². The van der Waals surface area contributed by atoms with Gasteiger partial charge >= 0.3 is 5.97 Å². The van der Waals surface area contributed by atoms with E-state index in [1.807, 2.05) is 0 Å². The molecule has 16 heavy (non-hydrogen) atoms. The van der Waals surface area contributed by atoms with E-state index in [-0.39, 0.29) is 5.78 Å². The van der Waals surface area contributed by atoms with Gasteiger partial charge in [0.1, 0.15) is 0 Å². The molecule has 0 spiro atoms. The first-order valence-electron chi connectivity index (χ1n) is 5.09. The zero-order chi connectivity index (χ0) is 12.1. The van der Waals surface area contributed by atoms with Crippen LogP contribution in [0.15, 0.2) is 22.7 Å². The highest BCUT2D eigenvalue weighted by molar-refractivity contribution is 9.10. The van der Waals surface area contributed by atoms with Crippen molar-refractivity contribution in [2.75, 3.05) is 6.61 Å². The Morgan fingerprint density at radius 1 is 1.19 bits per heavy atom. The second-order valence-corrected chi connectivity index (χ2v) is 4.14. The molecule has 1 rings (SSSR count). The zero-order valence-electron chi connectivity index (χ0n) is 9.25. The molecule has 1 aromatic carbocycles. The molecule has 1 aromatic rings. The van der Waals surface area contributed by atoms with Crippen molar-refractivity contribution in [3.63, 3.8) is 0 Å². The second-order valence-electron chi connectivity index (χ2n) is 3.23. The summed E-state index contributed by atoms with van der Waals surface area (Å²) in [7, 11) is 0. The minimum Gasteiger partial charge on any atom is -0.462 e. The molecule has 0 fully saturated rings. The van der Waals surface area contributed by atoms with Crippen LogP contribution in [0.5, 0.6) is 0 Å². The van der Waals surface area contributed by atoms with E-state index in [0.29, 0.717) is 28.6 Å². The number of carbonyl (C=O) groups is 2. The number of benzene rings is 1. The van der Waals surface area contributed by atoms with Crippen LogP contribution in [0.3, 0.4) is 0 Å². The van der Waals surface area contributed by atoms with Crippen LogP contribution in [0.25, 0.3) is 0 Å². The minimum atomic E-state index is -0.408. The van der Waals surface area contributed by atoms with Gasteiger partial charge in [-0.25, -0.2) is 4.79 Å². The summed E-state index contributed by atoms with van der Waals surface area (Å²) < 4.78 is 5.58. The van der Waals surface area contributed by atoms with E-state index < -0.39 is 5.97 Å². The average molecular weight is 285 g/mol. The van der Waals surface area contributed by atoms with E-state index in [9.17, 15) is 9.59 Å². The number of carbonyl (C=O) groups excluding carboxylic acids is 2. The Morgan fingerprint density at radius 3 is 2.38 bits per heavy atom. The minimum absolute atomic E-state index is 0.00634. The Morgan fingerprint density at radius 2 is 1.81 bits per heavy atom. The van der Waals surface area contributed by atoms with Gasteiger partial charge in [-0.05, 0) is 25.1 Å². The van der Waals surface area contributed by atoms with Crippen LogP contribution < -0.4 is 0 Å². The molecule has 4 heteroatoms. The summed E-state index contributed by atoms with van der Waals surface area (Å²) in [5.41, 5.74) is 0.924. The maximum Gasteiger partial charge on any atom is 0.338 e. The molecule has 0 heterocycles. The summed E-state index contributed by atoms with van der Waals surface area (Å²) in [4.78, 5) is 23.0. The third-order valence-corrected chi connectivity index (χ3v) is 2.51. The van der Waals surface area contributed by atoms with Crippen molar-refractivity contribution in [3.05, 3.63) is 33.8 Å². The van der Waals surface area contributed by atoms with E-state index in [1.54, 1.807) is 32.0 Å². The van der Waals surface area contributed by atoms with Crippen molar-refractivity contribution >= 4 is 27.7 Å². The van der Waals surface area contributed by atoms with Gasteiger partial charge < -0.3 is 4.74 Å². The third-order valence-electron chi connectivity index (χ3n) is 2.05. The highest BCUT2D eigenvalue weighted by Crippen LogP contribution is 2.18. The predicted molar refractivity (Wildman–Crippen MR) is 64.7 cm³/mol. The van der Waals surface area contributed by atoms with Gasteiger partial charge in [-0.15, -0.1) is 0 Å². The molecule has 86 valence electrons. The molecule has 0 aromatic heterocycles. The van der Waals surface area contributed by atoms with E-state index >= 15 is 0 Å². The molecule has 0 unspecified atom stereocenters. The first kappa shape index (κ1) is 12.9. The zero-order valence-corrected chi connectivity index (χ0v) is 10.8. The number of esters is 1. The van der Waals surface area contributed by atoms with Crippen LogP contribution in [-0.4, -0.2) is 18.4 Å². The van der Waals surface area contributed by atoms with Crippen molar-refractivity contribution in [3.8, 4) is 0 Å². The van der Waals surface area contributed by atoms with Crippen LogP contribution in [0.2, 0.25) is 0 Å². The fourth-order valence-corrected chi connectivity index (χ4v) is 1.78. The van der Waals surface area contributed by atoms with E-state index in [2.05, 4.69) is 15.9 Å². The smallest absolute Gasteiger partial charge is 0.338 e. The summed E-state index contributed by atoms with van der Waals surface area (Å²) in [5.74, 6) is -0.402. The van der Waals surface area contributed by atoms with Gasteiger partial charge in [-0.3, -0.25) is 4.79 Å². The molecule has 0 aliphatic carbocycles. The van der Waals surface area contributed by atoms with Gasteiger partial charge in [0.25, 0.3) is 0 Å². The van der Waals surface area contributed by atoms with Crippen LogP contribution in [0, 0.1) is 0 Å². The van der Waals surface area contributed by atoms with Crippen LogP contribution in [0.1, 0.15) is 41.0 Å². The van der Waals surface area contributed by atoms with Gasteiger partial charge in [0.2, 0.25) is 0 Å². The summed E-state index contributed by atoms with van der Waals surface area (Å²) in [6, 6.07) is 4.91. The topological polar surface area (TPSA) is 43.4 Å². The Balaban J connectivity index is 3.07. The van der Waals surface area contributed by atoms with Crippen molar-refractivity contribution in [2.24, 2.45) is 0 Å². The number of rotatable bonds is 4. The molecule has 0 bridgehead atoms. The normalized spacial score (nSPS) is 9.94. The maximum absolute atomic E-state index is 11.5. The summed E-state index contributed by atoms with van der Waals surface area (Å²) >= 11 is 3.27. The Kier molecular flexibility index (Phi) is 4.68. The Hall–Kier alpha value is -1.16. The lowest BCUT2D eigenvalue weighted by Gasteiger charge is -2.05. The summed E-state index contributed by atoms with van der Waals surface area (Å²) in [5, 5.41) is 0. The summed E-state index contributed by atoms with van der Waals surface area (Å²) in [6.45, 7) is 3.85. The lowest BCUT2D eigenvalue weighted by atomic mass is 10.1. The molecule has 0 radical (unpaired) electrons. The average Bonchev–Trinajstić information content (AvgIpc) is 2.27. The highest BCUT2D eigenvalue weighted by atomic mass is 79.9. The van der Waals surface area contributed by atoms with Gasteiger partial charge in [0, 0.05) is 16.5 Å². The molecule has 0 saturated heterocycles. The predicted octanol–water partition coefficient (Wildman–Crippen LogP) is 3.22. The molecule has 0 atom stereocenters. The van der Waals surface area contributed by atoms with Crippen molar-refractivity contribution in [1.82, 2.24) is 0 Å². The van der Waals surface area contributed by atoms with Crippen molar-refractivity contribution in [2.45, 2.75) is 20.3 Å². The van der Waals surface area contributed by atoms with E-state index in [1.165, 1.54) is 0 Å². The molecular formula is C12H13BrO3. The Bertz CT molecular complexity index is 413. The molecule has 3 nitrogen and oxygen atoms in total. The molecule has 0 aliphatic rings.